The zero-order valence-electron chi connectivity index (χ0n) is 13.0. The molecule has 0 saturated carbocycles. The molecule has 0 radical (unpaired) electrons. The van der Waals surface area contributed by atoms with Crippen LogP contribution < -0.4 is 5.32 Å². The number of carbonyl (C=O) groups excluding carboxylic acids is 1. The van der Waals surface area contributed by atoms with E-state index < -0.39 is 17.5 Å². The number of amides is 1. The van der Waals surface area contributed by atoms with E-state index in [0.717, 1.165) is 0 Å². The molecule has 0 aliphatic carbocycles. The highest BCUT2D eigenvalue weighted by atomic mass is 35.5. The summed E-state index contributed by atoms with van der Waals surface area (Å²) in [6, 6.07) is 11.6. The SMILES string of the molecule is O=C(Nc1cccc(Cl)c1SC(F)F)c1ccn(-c2cccc(F)c2)n1. The van der Waals surface area contributed by atoms with Crippen molar-refractivity contribution in [3.05, 3.63) is 71.3 Å². The van der Waals surface area contributed by atoms with Crippen LogP contribution in [-0.4, -0.2) is 21.4 Å². The zero-order valence-corrected chi connectivity index (χ0v) is 14.6. The molecule has 0 unspecified atom stereocenters. The summed E-state index contributed by atoms with van der Waals surface area (Å²) in [5.41, 5.74) is 0.649. The maximum Gasteiger partial charge on any atom is 0.289 e. The van der Waals surface area contributed by atoms with Crippen LogP contribution in [-0.2, 0) is 0 Å². The molecule has 0 aliphatic rings. The Bertz CT molecular complexity index is 949. The molecule has 0 bridgehead atoms. The lowest BCUT2D eigenvalue weighted by atomic mass is 10.3. The Labute approximate surface area is 156 Å². The number of anilines is 1. The van der Waals surface area contributed by atoms with Crippen LogP contribution in [0.4, 0.5) is 18.9 Å². The van der Waals surface area contributed by atoms with E-state index in [-0.39, 0.29) is 33.1 Å². The van der Waals surface area contributed by atoms with Gasteiger partial charge in [0.2, 0.25) is 0 Å². The number of rotatable bonds is 5. The van der Waals surface area contributed by atoms with Crippen molar-refractivity contribution < 1.29 is 18.0 Å². The monoisotopic (exact) mass is 397 g/mol. The standard InChI is InChI=1S/C17H11ClF3N3OS/c18-12-5-2-6-13(15(12)26-17(20)21)22-16(25)14-7-8-24(23-14)11-4-1-3-10(19)9-11/h1-9,17H,(H,22,25). The van der Waals surface area contributed by atoms with Crippen molar-refractivity contribution in [3.8, 4) is 5.69 Å². The van der Waals surface area contributed by atoms with Crippen LogP contribution in [0.3, 0.4) is 0 Å². The van der Waals surface area contributed by atoms with Gasteiger partial charge in [-0.05, 0) is 36.4 Å². The summed E-state index contributed by atoms with van der Waals surface area (Å²) in [5, 5.41) is 6.71. The van der Waals surface area contributed by atoms with Crippen LogP contribution >= 0.6 is 23.4 Å². The van der Waals surface area contributed by atoms with E-state index in [0.29, 0.717) is 5.69 Å². The van der Waals surface area contributed by atoms with Crippen molar-refractivity contribution in [1.82, 2.24) is 9.78 Å². The van der Waals surface area contributed by atoms with Crippen molar-refractivity contribution in [1.29, 1.82) is 0 Å². The molecule has 1 heterocycles. The van der Waals surface area contributed by atoms with Gasteiger partial charge in [0.1, 0.15) is 5.82 Å². The first-order chi connectivity index (χ1) is 12.4. The van der Waals surface area contributed by atoms with E-state index in [1.165, 1.54) is 47.3 Å². The van der Waals surface area contributed by atoms with E-state index in [1.807, 2.05) is 0 Å². The largest absolute Gasteiger partial charge is 0.319 e. The number of nitrogens with zero attached hydrogens (tertiary/aromatic N) is 2. The minimum absolute atomic E-state index is 0.0437. The van der Waals surface area contributed by atoms with Gasteiger partial charge in [0.05, 0.1) is 21.3 Å². The number of halogens is 4. The van der Waals surface area contributed by atoms with Gasteiger partial charge in [-0.15, -0.1) is 0 Å². The smallest absolute Gasteiger partial charge is 0.289 e. The Morgan fingerprint density at radius 2 is 1.96 bits per heavy atom. The average Bonchev–Trinajstić information content (AvgIpc) is 3.08. The molecule has 1 N–H and O–H groups in total. The molecule has 0 spiro atoms. The van der Waals surface area contributed by atoms with Crippen LogP contribution in [0.5, 0.6) is 0 Å². The fraction of sp³-hybridized carbons (Fsp3) is 0.0588. The molecule has 134 valence electrons. The second kappa shape index (κ2) is 7.84. The molecule has 2 aromatic carbocycles. The highest BCUT2D eigenvalue weighted by Crippen LogP contribution is 2.37. The molecular formula is C17H11ClF3N3OS. The lowest BCUT2D eigenvalue weighted by molar-refractivity contribution is 0.102. The number of carbonyl (C=O) groups is 1. The number of benzene rings is 2. The molecule has 0 saturated heterocycles. The first kappa shape index (κ1) is 18.3. The summed E-state index contributed by atoms with van der Waals surface area (Å²) in [6.07, 6.45) is 1.50. The zero-order chi connectivity index (χ0) is 18.7. The number of aromatic nitrogens is 2. The van der Waals surface area contributed by atoms with E-state index in [4.69, 9.17) is 11.6 Å². The Hall–Kier alpha value is -2.45. The lowest BCUT2D eigenvalue weighted by Crippen LogP contribution is -2.14. The maximum atomic E-state index is 13.3. The molecule has 0 aliphatic heterocycles. The second-order valence-corrected chi connectivity index (χ2v) is 6.48. The minimum Gasteiger partial charge on any atom is -0.319 e. The molecule has 26 heavy (non-hydrogen) atoms. The molecular weight excluding hydrogens is 387 g/mol. The summed E-state index contributed by atoms with van der Waals surface area (Å²) in [7, 11) is 0. The normalized spacial score (nSPS) is 11.0. The van der Waals surface area contributed by atoms with Gasteiger partial charge in [0, 0.05) is 6.20 Å². The molecule has 1 amide bonds. The first-order valence-electron chi connectivity index (χ1n) is 7.30. The Morgan fingerprint density at radius 3 is 2.69 bits per heavy atom. The number of alkyl halides is 2. The van der Waals surface area contributed by atoms with Gasteiger partial charge in [-0.25, -0.2) is 9.07 Å². The number of hydrogen-bond acceptors (Lipinski definition) is 3. The summed E-state index contributed by atoms with van der Waals surface area (Å²) in [5.74, 6) is -3.71. The second-order valence-electron chi connectivity index (χ2n) is 5.07. The minimum atomic E-state index is -2.68. The summed E-state index contributed by atoms with van der Waals surface area (Å²) in [4.78, 5) is 12.4. The lowest BCUT2D eigenvalue weighted by Gasteiger charge is -2.11. The van der Waals surface area contributed by atoms with Gasteiger partial charge in [0.15, 0.2) is 5.69 Å². The Kier molecular flexibility index (Phi) is 5.53. The van der Waals surface area contributed by atoms with Gasteiger partial charge in [-0.1, -0.05) is 35.5 Å². The summed E-state index contributed by atoms with van der Waals surface area (Å²) in [6.45, 7) is 0. The third-order valence-electron chi connectivity index (χ3n) is 3.32. The van der Waals surface area contributed by atoms with Gasteiger partial charge >= 0.3 is 0 Å². The highest BCUT2D eigenvalue weighted by molar-refractivity contribution is 7.99. The number of hydrogen-bond donors (Lipinski definition) is 1. The van der Waals surface area contributed by atoms with Crippen molar-refractivity contribution in [2.45, 2.75) is 10.7 Å². The molecule has 1 aromatic heterocycles. The topological polar surface area (TPSA) is 46.9 Å². The van der Waals surface area contributed by atoms with Crippen molar-refractivity contribution in [2.75, 3.05) is 5.32 Å². The van der Waals surface area contributed by atoms with Gasteiger partial charge in [0.25, 0.3) is 11.7 Å². The van der Waals surface area contributed by atoms with E-state index in [9.17, 15) is 18.0 Å². The van der Waals surface area contributed by atoms with Gasteiger partial charge < -0.3 is 5.32 Å². The summed E-state index contributed by atoms with van der Waals surface area (Å²) >= 11 is 6.19. The predicted octanol–water partition coefficient (Wildman–Crippen LogP) is 5.23. The van der Waals surface area contributed by atoms with Crippen molar-refractivity contribution in [2.24, 2.45) is 0 Å². The molecule has 4 nitrogen and oxygen atoms in total. The van der Waals surface area contributed by atoms with Crippen molar-refractivity contribution in [3.63, 3.8) is 0 Å². The molecule has 3 rings (SSSR count). The van der Waals surface area contributed by atoms with E-state index >= 15 is 0 Å². The Balaban J connectivity index is 1.83. The molecule has 0 atom stereocenters. The quantitative estimate of drug-likeness (QED) is 0.599. The predicted molar refractivity (Wildman–Crippen MR) is 94.8 cm³/mol. The van der Waals surface area contributed by atoms with Gasteiger partial charge in [-0.2, -0.15) is 13.9 Å². The molecule has 0 fully saturated rings. The fourth-order valence-electron chi connectivity index (χ4n) is 2.21. The highest BCUT2D eigenvalue weighted by Gasteiger charge is 2.17. The average molecular weight is 398 g/mol. The van der Waals surface area contributed by atoms with Crippen LogP contribution in [0.2, 0.25) is 5.02 Å². The van der Waals surface area contributed by atoms with Crippen LogP contribution in [0.15, 0.2) is 59.6 Å². The number of nitrogens with one attached hydrogen (secondary N) is 1. The third kappa shape index (κ3) is 4.20. The molecule has 9 heteroatoms. The maximum absolute atomic E-state index is 13.3. The third-order valence-corrected chi connectivity index (χ3v) is 4.60. The fourth-order valence-corrected chi connectivity index (χ4v) is 3.12. The Morgan fingerprint density at radius 1 is 1.19 bits per heavy atom. The van der Waals surface area contributed by atoms with Crippen LogP contribution in [0.25, 0.3) is 5.69 Å². The first-order valence-corrected chi connectivity index (χ1v) is 8.56. The van der Waals surface area contributed by atoms with E-state index in [1.54, 1.807) is 12.1 Å². The van der Waals surface area contributed by atoms with Gasteiger partial charge in [-0.3, -0.25) is 4.79 Å². The van der Waals surface area contributed by atoms with Crippen LogP contribution in [0, 0.1) is 5.82 Å². The van der Waals surface area contributed by atoms with Crippen molar-refractivity contribution >= 4 is 35.0 Å². The molecule has 3 aromatic rings. The van der Waals surface area contributed by atoms with E-state index in [2.05, 4.69) is 10.4 Å². The summed E-state index contributed by atoms with van der Waals surface area (Å²) < 4.78 is 40.1. The number of thioether (sulfide) groups is 1. The van der Waals surface area contributed by atoms with Crippen LogP contribution in [0.1, 0.15) is 10.5 Å².